The lowest BCUT2D eigenvalue weighted by atomic mass is 9.80. The Hall–Kier alpha value is -4.53. The van der Waals surface area contributed by atoms with Crippen molar-refractivity contribution >= 4 is 11.8 Å². The van der Waals surface area contributed by atoms with Gasteiger partial charge in [0.15, 0.2) is 6.10 Å². The van der Waals surface area contributed by atoms with E-state index in [4.69, 9.17) is 18.9 Å². The second-order valence-corrected chi connectivity index (χ2v) is 9.01. The van der Waals surface area contributed by atoms with Crippen LogP contribution in [-0.4, -0.2) is 37.0 Å². The van der Waals surface area contributed by atoms with E-state index >= 15 is 0 Å². The van der Waals surface area contributed by atoms with Gasteiger partial charge in [0, 0.05) is 18.7 Å². The molecule has 0 saturated heterocycles. The summed E-state index contributed by atoms with van der Waals surface area (Å²) in [5.41, 5.74) is 1.62. The van der Waals surface area contributed by atoms with E-state index in [0.29, 0.717) is 6.61 Å². The molecule has 0 radical (unpaired) electrons. The molecule has 8 nitrogen and oxygen atoms in total. The minimum absolute atomic E-state index is 0.00222. The zero-order valence-electron chi connectivity index (χ0n) is 22.2. The SMILES string of the molecule is CCCOC[C@H](COC(c1ccccc1)(c1ccccc1)c1ccccc1)OC(=O)Oc1ccc([N+](=O)[O-])cc1. The third-order valence-corrected chi connectivity index (χ3v) is 6.19. The van der Waals surface area contributed by atoms with Gasteiger partial charge >= 0.3 is 6.16 Å². The molecule has 4 rings (SSSR count). The molecule has 0 saturated carbocycles. The quantitative estimate of drug-likeness (QED) is 0.0453. The number of nitro groups is 1. The Morgan fingerprint density at radius 1 is 0.775 bits per heavy atom. The van der Waals surface area contributed by atoms with Crippen LogP contribution in [0.4, 0.5) is 10.5 Å². The van der Waals surface area contributed by atoms with E-state index in [0.717, 1.165) is 23.1 Å². The van der Waals surface area contributed by atoms with Crippen molar-refractivity contribution in [3.05, 3.63) is 142 Å². The van der Waals surface area contributed by atoms with Gasteiger partial charge in [0.25, 0.3) is 5.69 Å². The lowest BCUT2D eigenvalue weighted by Crippen LogP contribution is -2.38. The van der Waals surface area contributed by atoms with Gasteiger partial charge in [-0.2, -0.15) is 0 Å². The average Bonchev–Trinajstić information content (AvgIpc) is 2.99. The van der Waals surface area contributed by atoms with Gasteiger partial charge < -0.3 is 18.9 Å². The second kappa shape index (κ2) is 14.0. The highest BCUT2D eigenvalue weighted by Crippen LogP contribution is 2.40. The molecule has 40 heavy (non-hydrogen) atoms. The van der Waals surface area contributed by atoms with E-state index in [9.17, 15) is 14.9 Å². The van der Waals surface area contributed by atoms with Crippen molar-refractivity contribution < 1.29 is 28.7 Å². The van der Waals surface area contributed by atoms with Crippen LogP contribution in [0.2, 0.25) is 0 Å². The average molecular weight is 542 g/mol. The van der Waals surface area contributed by atoms with Crippen molar-refractivity contribution in [2.75, 3.05) is 19.8 Å². The highest BCUT2D eigenvalue weighted by atomic mass is 16.7. The maximum absolute atomic E-state index is 12.7. The van der Waals surface area contributed by atoms with Crippen molar-refractivity contribution in [3.8, 4) is 5.75 Å². The molecule has 8 heteroatoms. The Morgan fingerprint density at radius 3 is 1.73 bits per heavy atom. The van der Waals surface area contributed by atoms with Crippen LogP contribution in [0.15, 0.2) is 115 Å². The number of nitrogens with zero attached hydrogens (tertiary/aromatic N) is 1. The fourth-order valence-electron chi connectivity index (χ4n) is 4.35. The maximum Gasteiger partial charge on any atom is 0.514 e. The van der Waals surface area contributed by atoms with Crippen molar-refractivity contribution in [2.24, 2.45) is 0 Å². The number of carbonyl (C=O) groups excluding carboxylic acids is 1. The zero-order valence-corrected chi connectivity index (χ0v) is 22.2. The van der Waals surface area contributed by atoms with Crippen LogP contribution in [0.1, 0.15) is 30.0 Å². The van der Waals surface area contributed by atoms with Crippen molar-refractivity contribution in [3.63, 3.8) is 0 Å². The number of benzene rings is 4. The summed E-state index contributed by atoms with van der Waals surface area (Å²) in [5.74, 6) is 0.122. The summed E-state index contributed by atoms with van der Waals surface area (Å²) in [6, 6.07) is 34.8. The lowest BCUT2D eigenvalue weighted by Gasteiger charge is -2.37. The molecular formula is C32H31NO7. The summed E-state index contributed by atoms with van der Waals surface area (Å²) in [6.45, 7) is 2.56. The molecule has 0 aliphatic carbocycles. The van der Waals surface area contributed by atoms with E-state index in [1.54, 1.807) is 0 Å². The van der Waals surface area contributed by atoms with Gasteiger partial charge in [0.2, 0.25) is 0 Å². The first kappa shape index (κ1) is 28.5. The number of rotatable bonds is 13. The van der Waals surface area contributed by atoms with Gasteiger partial charge in [-0.05, 0) is 35.2 Å². The summed E-state index contributed by atoms with van der Waals surface area (Å²) in [7, 11) is 0. The van der Waals surface area contributed by atoms with E-state index in [2.05, 4.69) is 0 Å². The Morgan fingerprint density at radius 2 is 1.27 bits per heavy atom. The summed E-state index contributed by atoms with van der Waals surface area (Å²) in [5, 5.41) is 10.9. The monoisotopic (exact) mass is 541 g/mol. The molecule has 0 N–H and O–H groups in total. The highest BCUT2D eigenvalue weighted by molar-refractivity contribution is 5.64. The topological polar surface area (TPSA) is 97.1 Å². The van der Waals surface area contributed by atoms with E-state index in [-0.39, 0.29) is 24.7 Å². The van der Waals surface area contributed by atoms with Crippen molar-refractivity contribution in [1.29, 1.82) is 0 Å². The third kappa shape index (κ3) is 7.11. The molecule has 0 aliphatic rings. The summed E-state index contributed by atoms with van der Waals surface area (Å²) in [4.78, 5) is 23.1. The molecule has 0 aliphatic heterocycles. The first-order chi connectivity index (χ1) is 19.5. The molecule has 0 spiro atoms. The van der Waals surface area contributed by atoms with E-state index in [1.165, 1.54) is 24.3 Å². The van der Waals surface area contributed by atoms with Gasteiger partial charge in [-0.25, -0.2) is 4.79 Å². The third-order valence-electron chi connectivity index (χ3n) is 6.19. The highest BCUT2D eigenvalue weighted by Gasteiger charge is 2.38. The minimum atomic E-state index is -1.00. The maximum atomic E-state index is 12.7. The van der Waals surface area contributed by atoms with Crippen LogP contribution in [0.25, 0.3) is 0 Å². The van der Waals surface area contributed by atoms with Gasteiger partial charge in [0.1, 0.15) is 11.4 Å². The van der Waals surface area contributed by atoms with Crippen LogP contribution >= 0.6 is 0 Å². The van der Waals surface area contributed by atoms with E-state index in [1.807, 2.05) is 97.9 Å². The number of carbonyl (C=O) groups is 1. The standard InChI is InChI=1S/C32H31NO7/c1-2-22-37-23-30(40-31(34)39-29-20-18-28(19-21-29)33(35)36)24-38-32(25-12-6-3-7-13-25,26-14-8-4-9-15-26)27-16-10-5-11-17-27/h3-21,30H,2,22-24H2,1H3/t30-/m1/s1. The fourth-order valence-corrected chi connectivity index (χ4v) is 4.35. The largest absolute Gasteiger partial charge is 0.514 e. The van der Waals surface area contributed by atoms with Crippen LogP contribution in [-0.2, 0) is 19.8 Å². The van der Waals surface area contributed by atoms with Gasteiger partial charge in [-0.1, -0.05) is 97.9 Å². The minimum Gasteiger partial charge on any atom is -0.426 e. The molecule has 0 fully saturated rings. The Labute approximate surface area is 233 Å². The molecule has 1 atom stereocenters. The number of hydrogen-bond donors (Lipinski definition) is 0. The summed E-state index contributed by atoms with van der Waals surface area (Å²) >= 11 is 0. The number of non-ortho nitro benzene ring substituents is 1. The van der Waals surface area contributed by atoms with Gasteiger partial charge in [0.05, 0.1) is 18.1 Å². The zero-order chi connectivity index (χ0) is 28.2. The normalized spacial score (nSPS) is 11.9. The molecule has 0 heterocycles. The molecule has 0 bridgehead atoms. The molecule has 4 aromatic carbocycles. The Kier molecular flexibility index (Phi) is 9.99. The molecular weight excluding hydrogens is 510 g/mol. The van der Waals surface area contributed by atoms with Crippen molar-refractivity contribution in [1.82, 2.24) is 0 Å². The fraction of sp³-hybridized carbons (Fsp3) is 0.219. The molecule has 206 valence electrons. The van der Waals surface area contributed by atoms with Gasteiger partial charge in [-0.3, -0.25) is 10.1 Å². The molecule has 0 unspecified atom stereocenters. The predicted molar refractivity (Wildman–Crippen MR) is 150 cm³/mol. The summed E-state index contributed by atoms with van der Waals surface area (Å²) < 4.78 is 23.4. The Balaban J connectivity index is 1.61. The van der Waals surface area contributed by atoms with Crippen LogP contribution < -0.4 is 4.74 Å². The molecule has 4 aromatic rings. The second-order valence-electron chi connectivity index (χ2n) is 9.01. The lowest BCUT2D eigenvalue weighted by molar-refractivity contribution is -0.384. The smallest absolute Gasteiger partial charge is 0.426 e. The predicted octanol–water partition coefficient (Wildman–Crippen LogP) is 6.91. The molecule has 0 aromatic heterocycles. The Bertz CT molecular complexity index is 1250. The number of hydrogen-bond acceptors (Lipinski definition) is 7. The van der Waals surface area contributed by atoms with E-state index < -0.39 is 22.8 Å². The molecule has 0 amide bonds. The number of nitro benzene ring substituents is 1. The van der Waals surface area contributed by atoms with Crippen molar-refractivity contribution in [2.45, 2.75) is 25.0 Å². The number of ether oxygens (including phenoxy) is 4. The first-order valence-corrected chi connectivity index (χ1v) is 13.0. The van der Waals surface area contributed by atoms with Gasteiger partial charge in [-0.15, -0.1) is 0 Å². The van der Waals surface area contributed by atoms with Crippen LogP contribution in [0.3, 0.4) is 0 Å². The first-order valence-electron chi connectivity index (χ1n) is 13.0. The van der Waals surface area contributed by atoms with Crippen LogP contribution in [0.5, 0.6) is 5.75 Å². The van der Waals surface area contributed by atoms with Crippen LogP contribution in [0, 0.1) is 10.1 Å². The summed E-state index contributed by atoms with van der Waals surface area (Å²) in [6.07, 6.45) is -0.970.